The van der Waals surface area contributed by atoms with Gasteiger partial charge in [0.05, 0.1) is 5.69 Å². The van der Waals surface area contributed by atoms with Crippen LogP contribution in [0.5, 0.6) is 0 Å². The lowest BCUT2D eigenvalue weighted by atomic mass is 10.1. The van der Waals surface area contributed by atoms with Crippen LogP contribution in [0.2, 0.25) is 0 Å². The number of carbonyl (C=O) groups is 1. The molecule has 0 aromatic carbocycles. The Morgan fingerprint density at radius 1 is 1.41 bits per heavy atom. The van der Waals surface area contributed by atoms with Crippen molar-refractivity contribution in [2.24, 2.45) is 5.92 Å². The molecule has 0 saturated heterocycles. The normalized spacial score (nSPS) is 11.0. The first kappa shape index (κ1) is 15.9. The first-order chi connectivity index (χ1) is 10.4. The number of nitrogens with one attached hydrogen (secondary N) is 2. The van der Waals surface area contributed by atoms with Crippen LogP contribution in [0.25, 0.3) is 5.95 Å². The van der Waals surface area contributed by atoms with E-state index in [1.807, 2.05) is 27.7 Å². The fourth-order valence-electron chi connectivity index (χ4n) is 2.09. The molecule has 2 heterocycles. The van der Waals surface area contributed by atoms with Crippen LogP contribution < -0.4 is 10.9 Å². The fraction of sp³-hybridized carbons (Fsp3) is 0.467. The Balaban J connectivity index is 2.38. The van der Waals surface area contributed by atoms with E-state index < -0.39 is 0 Å². The van der Waals surface area contributed by atoms with Crippen molar-refractivity contribution in [2.45, 2.75) is 40.5 Å². The van der Waals surface area contributed by atoms with Crippen molar-refractivity contribution in [2.75, 3.05) is 5.32 Å². The Morgan fingerprint density at radius 3 is 2.77 bits per heavy atom. The Bertz CT molecular complexity index is 730. The van der Waals surface area contributed by atoms with E-state index in [1.54, 1.807) is 6.07 Å². The topological polar surface area (TPSA) is 92.7 Å². The summed E-state index contributed by atoms with van der Waals surface area (Å²) in [6.45, 7) is 7.69. The predicted octanol–water partition coefficient (Wildman–Crippen LogP) is 1.81. The first-order valence-corrected chi connectivity index (χ1v) is 7.36. The number of H-pyrrole nitrogens is 1. The first-order valence-electron chi connectivity index (χ1n) is 7.36. The van der Waals surface area contributed by atoms with Gasteiger partial charge in [0.1, 0.15) is 5.82 Å². The molecule has 0 atom stereocenters. The van der Waals surface area contributed by atoms with Gasteiger partial charge in [0.25, 0.3) is 5.56 Å². The maximum Gasteiger partial charge on any atom is 0.252 e. The van der Waals surface area contributed by atoms with E-state index in [1.165, 1.54) is 10.7 Å². The molecule has 0 bridgehead atoms. The summed E-state index contributed by atoms with van der Waals surface area (Å²) >= 11 is 0. The number of aromatic amines is 1. The molecule has 118 valence electrons. The van der Waals surface area contributed by atoms with Crippen LogP contribution in [-0.2, 0) is 11.2 Å². The molecule has 2 rings (SSSR count). The van der Waals surface area contributed by atoms with Gasteiger partial charge in [0.15, 0.2) is 0 Å². The van der Waals surface area contributed by atoms with Crippen molar-refractivity contribution in [3.8, 4) is 5.95 Å². The van der Waals surface area contributed by atoms with Crippen LogP contribution in [0, 0.1) is 12.8 Å². The average Bonchev–Trinajstić information content (AvgIpc) is 2.77. The molecule has 7 heteroatoms. The molecule has 0 unspecified atom stereocenters. The highest BCUT2D eigenvalue weighted by Crippen LogP contribution is 2.15. The molecule has 0 radical (unpaired) electrons. The molecule has 0 aliphatic heterocycles. The standard InChI is InChI=1S/C15H21N5O2/c1-5-11-8-14(22)18-15(16-11)20-12(7-10(4)19-20)17-13(21)6-9(2)3/h7-9H,5-6H2,1-4H3,(H,17,21)(H,16,18,22). The zero-order valence-electron chi connectivity index (χ0n) is 13.3. The Labute approximate surface area is 128 Å². The highest BCUT2D eigenvalue weighted by molar-refractivity contribution is 5.90. The van der Waals surface area contributed by atoms with Crippen molar-refractivity contribution < 1.29 is 4.79 Å². The van der Waals surface area contributed by atoms with Crippen molar-refractivity contribution in [3.63, 3.8) is 0 Å². The van der Waals surface area contributed by atoms with E-state index in [0.717, 1.165) is 5.69 Å². The van der Waals surface area contributed by atoms with Crippen LogP contribution in [-0.4, -0.2) is 25.7 Å². The quantitative estimate of drug-likeness (QED) is 0.881. The Hall–Kier alpha value is -2.44. The fourth-order valence-corrected chi connectivity index (χ4v) is 2.09. The number of rotatable bonds is 5. The van der Waals surface area contributed by atoms with Crippen LogP contribution in [0.4, 0.5) is 5.82 Å². The highest BCUT2D eigenvalue weighted by Gasteiger charge is 2.14. The van der Waals surface area contributed by atoms with E-state index in [0.29, 0.717) is 30.3 Å². The second-order valence-electron chi connectivity index (χ2n) is 5.64. The van der Waals surface area contributed by atoms with Crippen LogP contribution in [0.1, 0.15) is 38.6 Å². The zero-order chi connectivity index (χ0) is 16.3. The number of aromatic nitrogens is 4. The second kappa shape index (κ2) is 6.55. The Morgan fingerprint density at radius 2 is 2.14 bits per heavy atom. The van der Waals surface area contributed by atoms with E-state index in [-0.39, 0.29) is 17.4 Å². The van der Waals surface area contributed by atoms with Crippen molar-refractivity contribution >= 4 is 11.7 Å². The molecular formula is C15H21N5O2. The van der Waals surface area contributed by atoms with Gasteiger partial charge < -0.3 is 5.32 Å². The predicted molar refractivity (Wildman–Crippen MR) is 84.2 cm³/mol. The largest absolute Gasteiger partial charge is 0.310 e. The molecule has 0 saturated carbocycles. The molecule has 7 nitrogen and oxygen atoms in total. The monoisotopic (exact) mass is 303 g/mol. The summed E-state index contributed by atoms with van der Waals surface area (Å²) in [5, 5.41) is 7.12. The number of anilines is 1. The minimum absolute atomic E-state index is 0.0925. The molecule has 22 heavy (non-hydrogen) atoms. The van der Waals surface area contributed by atoms with Gasteiger partial charge in [-0.15, -0.1) is 0 Å². The van der Waals surface area contributed by atoms with E-state index >= 15 is 0 Å². The summed E-state index contributed by atoms with van der Waals surface area (Å²) < 4.78 is 1.45. The minimum atomic E-state index is -0.241. The van der Waals surface area contributed by atoms with Gasteiger partial charge >= 0.3 is 0 Å². The molecular weight excluding hydrogens is 282 g/mol. The van der Waals surface area contributed by atoms with E-state index in [9.17, 15) is 9.59 Å². The van der Waals surface area contributed by atoms with Crippen molar-refractivity contribution in [3.05, 3.63) is 33.9 Å². The number of carbonyl (C=O) groups excluding carboxylic acids is 1. The smallest absolute Gasteiger partial charge is 0.252 e. The summed E-state index contributed by atoms with van der Waals surface area (Å²) in [6.07, 6.45) is 1.06. The molecule has 2 aromatic heterocycles. The average molecular weight is 303 g/mol. The minimum Gasteiger partial charge on any atom is -0.310 e. The Kier molecular flexibility index (Phi) is 4.75. The number of amides is 1. The van der Waals surface area contributed by atoms with Gasteiger partial charge in [-0.1, -0.05) is 20.8 Å². The van der Waals surface area contributed by atoms with Gasteiger partial charge in [-0.3, -0.25) is 14.6 Å². The summed E-state index contributed by atoms with van der Waals surface area (Å²) in [4.78, 5) is 30.7. The third-order valence-corrected chi connectivity index (χ3v) is 3.04. The maximum absolute atomic E-state index is 12.0. The van der Waals surface area contributed by atoms with Gasteiger partial charge in [0.2, 0.25) is 11.9 Å². The van der Waals surface area contributed by atoms with E-state index in [4.69, 9.17) is 0 Å². The van der Waals surface area contributed by atoms with Crippen LogP contribution >= 0.6 is 0 Å². The maximum atomic E-state index is 12.0. The summed E-state index contributed by atoms with van der Waals surface area (Å²) in [5.41, 5.74) is 1.16. The lowest BCUT2D eigenvalue weighted by Gasteiger charge is -2.09. The van der Waals surface area contributed by atoms with Crippen LogP contribution in [0.3, 0.4) is 0 Å². The molecule has 2 aromatic rings. The summed E-state index contributed by atoms with van der Waals surface area (Å²) in [7, 11) is 0. The highest BCUT2D eigenvalue weighted by atomic mass is 16.1. The number of hydrogen-bond acceptors (Lipinski definition) is 4. The van der Waals surface area contributed by atoms with E-state index in [2.05, 4.69) is 20.4 Å². The third-order valence-electron chi connectivity index (χ3n) is 3.04. The lowest BCUT2D eigenvalue weighted by molar-refractivity contribution is -0.116. The molecule has 0 aliphatic carbocycles. The van der Waals surface area contributed by atoms with Gasteiger partial charge in [0, 0.05) is 24.2 Å². The van der Waals surface area contributed by atoms with Crippen molar-refractivity contribution in [1.82, 2.24) is 19.7 Å². The van der Waals surface area contributed by atoms with Crippen LogP contribution in [0.15, 0.2) is 16.9 Å². The summed E-state index contributed by atoms with van der Waals surface area (Å²) in [5.74, 6) is 0.973. The molecule has 0 spiro atoms. The zero-order valence-corrected chi connectivity index (χ0v) is 13.3. The molecule has 1 amide bonds. The number of nitrogens with zero attached hydrogens (tertiary/aromatic N) is 3. The molecule has 2 N–H and O–H groups in total. The SMILES string of the molecule is CCc1cc(=O)[nH]c(-n2nc(C)cc2NC(=O)CC(C)C)n1. The molecule has 0 aliphatic rings. The summed E-state index contributed by atoms with van der Waals surface area (Å²) in [6, 6.07) is 3.20. The number of aryl methyl sites for hydroxylation is 2. The number of hydrogen-bond donors (Lipinski definition) is 2. The third kappa shape index (κ3) is 3.81. The van der Waals surface area contributed by atoms with Gasteiger partial charge in [-0.2, -0.15) is 9.78 Å². The molecule has 0 fully saturated rings. The lowest BCUT2D eigenvalue weighted by Crippen LogP contribution is -2.20. The van der Waals surface area contributed by atoms with Gasteiger partial charge in [-0.05, 0) is 19.3 Å². The van der Waals surface area contributed by atoms with Gasteiger partial charge in [-0.25, -0.2) is 4.98 Å². The van der Waals surface area contributed by atoms with Crippen molar-refractivity contribution in [1.29, 1.82) is 0 Å². The second-order valence-corrected chi connectivity index (χ2v) is 5.64.